The number of anilines is 1. The topological polar surface area (TPSA) is 61.4 Å². The molecule has 2 aliphatic carbocycles. The summed E-state index contributed by atoms with van der Waals surface area (Å²) in [5.41, 5.74) is 4.00. The zero-order chi connectivity index (χ0) is 21.1. The van der Waals surface area contributed by atoms with Crippen molar-refractivity contribution >= 4 is 15.7 Å². The molecule has 2 aliphatic heterocycles. The van der Waals surface area contributed by atoms with E-state index >= 15 is 0 Å². The van der Waals surface area contributed by atoms with Gasteiger partial charge in [0.15, 0.2) is 0 Å². The van der Waals surface area contributed by atoms with Crippen LogP contribution in [0.1, 0.15) is 49.1 Å². The number of piperidine rings is 1. The Morgan fingerprint density at radius 3 is 2.58 bits per heavy atom. The van der Waals surface area contributed by atoms with E-state index in [1.54, 1.807) is 28.6 Å². The highest BCUT2D eigenvalue weighted by atomic mass is 32.2. The van der Waals surface area contributed by atoms with E-state index in [-0.39, 0.29) is 0 Å². The van der Waals surface area contributed by atoms with E-state index in [9.17, 15) is 8.42 Å². The predicted octanol–water partition coefficient (Wildman–Crippen LogP) is 3.42. The third kappa shape index (κ3) is 3.49. The quantitative estimate of drug-likeness (QED) is 0.753. The largest absolute Gasteiger partial charge is 0.317 e. The van der Waals surface area contributed by atoms with Gasteiger partial charge in [0.2, 0.25) is 0 Å². The van der Waals surface area contributed by atoms with Crippen LogP contribution in [-0.4, -0.2) is 40.1 Å². The van der Waals surface area contributed by atoms with Crippen molar-refractivity contribution in [3.8, 4) is 0 Å². The second-order valence-electron chi connectivity index (χ2n) is 10.00. The second kappa shape index (κ2) is 7.32. The molecular formula is C25H31N3O2S. The first-order valence-corrected chi connectivity index (χ1v) is 13.2. The van der Waals surface area contributed by atoms with Gasteiger partial charge in [-0.15, -0.1) is 0 Å². The molecule has 3 fully saturated rings. The van der Waals surface area contributed by atoms with Gasteiger partial charge in [0.05, 0.1) is 10.6 Å². The highest BCUT2D eigenvalue weighted by molar-refractivity contribution is 7.92. The Labute approximate surface area is 185 Å². The minimum atomic E-state index is -3.49. The molecule has 0 bridgehead atoms. The number of fused-ring (bicyclic) bond motifs is 1. The fourth-order valence-electron chi connectivity index (χ4n) is 6.11. The maximum absolute atomic E-state index is 13.1. The van der Waals surface area contributed by atoms with E-state index in [1.165, 1.54) is 56.3 Å². The molecule has 1 saturated heterocycles. The van der Waals surface area contributed by atoms with Crippen LogP contribution in [0.5, 0.6) is 0 Å². The Balaban J connectivity index is 1.11. The molecule has 2 atom stereocenters. The average Bonchev–Trinajstić information content (AvgIpc) is 3.40. The average molecular weight is 438 g/mol. The van der Waals surface area contributed by atoms with Crippen LogP contribution in [-0.2, 0) is 16.4 Å². The molecule has 6 rings (SSSR count). The Morgan fingerprint density at radius 1 is 1.03 bits per heavy atom. The zero-order valence-corrected chi connectivity index (χ0v) is 18.7. The van der Waals surface area contributed by atoms with Crippen molar-refractivity contribution in [1.29, 1.82) is 0 Å². The van der Waals surface area contributed by atoms with Crippen molar-refractivity contribution in [3.05, 3.63) is 59.7 Å². The van der Waals surface area contributed by atoms with Crippen LogP contribution >= 0.6 is 0 Å². The molecule has 0 unspecified atom stereocenters. The van der Waals surface area contributed by atoms with E-state index in [1.807, 2.05) is 12.1 Å². The van der Waals surface area contributed by atoms with Crippen LogP contribution in [0.2, 0.25) is 0 Å². The minimum absolute atomic E-state index is 0.366. The molecule has 2 N–H and O–H groups in total. The van der Waals surface area contributed by atoms with Crippen molar-refractivity contribution in [2.75, 3.05) is 23.9 Å². The highest BCUT2D eigenvalue weighted by Crippen LogP contribution is 2.50. The number of hydrogen-bond acceptors (Lipinski definition) is 4. The first kappa shape index (κ1) is 19.8. The highest BCUT2D eigenvalue weighted by Gasteiger charge is 2.48. The smallest absolute Gasteiger partial charge is 0.264 e. The van der Waals surface area contributed by atoms with Gasteiger partial charge in [0.1, 0.15) is 0 Å². The summed E-state index contributed by atoms with van der Waals surface area (Å²) in [6.07, 6.45) is 7.36. The summed E-state index contributed by atoms with van der Waals surface area (Å²) in [4.78, 5) is 0.366. The van der Waals surface area contributed by atoms with Crippen molar-refractivity contribution in [2.45, 2.75) is 61.4 Å². The summed E-state index contributed by atoms with van der Waals surface area (Å²) in [6.45, 7) is 2.90. The number of nitrogens with zero attached hydrogens (tertiary/aromatic N) is 1. The Morgan fingerprint density at radius 2 is 1.81 bits per heavy atom. The standard InChI is InChI=1S/C25H31N3O2S/c29-31(30,21-4-2-1-3-5-21)28-13-8-19-14-18(6-7-24(19)28)22-15-23(22)27-20-16-25(17-20)9-11-26-12-10-25/h1-7,14,20,22-23,26-27H,8-13,15-17H2/t22-,23+/m0/s1. The first-order valence-electron chi connectivity index (χ1n) is 11.7. The van der Waals surface area contributed by atoms with E-state index < -0.39 is 10.0 Å². The maximum Gasteiger partial charge on any atom is 0.264 e. The number of rotatable bonds is 5. The summed E-state index contributed by atoms with van der Waals surface area (Å²) >= 11 is 0. The van der Waals surface area contributed by atoms with Gasteiger partial charge in [-0.05, 0) is 86.4 Å². The molecule has 5 nitrogen and oxygen atoms in total. The Hall–Kier alpha value is -1.89. The van der Waals surface area contributed by atoms with Gasteiger partial charge in [0.25, 0.3) is 10.0 Å². The molecule has 2 aromatic carbocycles. The molecule has 4 aliphatic rings. The molecule has 2 heterocycles. The Bertz CT molecular complexity index is 1070. The van der Waals surface area contributed by atoms with Gasteiger partial charge in [0, 0.05) is 24.5 Å². The monoisotopic (exact) mass is 437 g/mol. The maximum atomic E-state index is 13.1. The van der Waals surface area contributed by atoms with Gasteiger partial charge >= 0.3 is 0 Å². The third-order valence-corrected chi connectivity index (χ3v) is 9.81. The van der Waals surface area contributed by atoms with Gasteiger partial charge < -0.3 is 10.6 Å². The van der Waals surface area contributed by atoms with Crippen molar-refractivity contribution < 1.29 is 8.42 Å². The van der Waals surface area contributed by atoms with Crippen molar-refractivity contribution in [3.63, 3.8) is 0 Å². The van der Waals surface area contributed by atoms with Crippen molar-refractivity contribution in [2.24, 2.45) is 5.41 Å². The molecule has 0 amide bonds. The lowest BCUT2D eigenvalue weighted by Crippen LogP contribution is -2.53. The molecule has 0 radical (unpaired) electrons. The molecule has 6 heteroatoms. The van der Waals surface area contributed by atoms with Crippen molar-refractivity contribution in [1.82, 2.24) is 10.6 Å². The number of benzene rings is 2. The van der Waals surface area contributed by atoms with Gasteiger partial charge in [-0.25, -0.2) is 8.42 Å². The second-order valence-corrected chi connectivity index (χ2v) is 11.9. The lowest BCUT2D eigenvalue weighted by Gasteiger charge is -2.51. The lowest BCUT2D eigenvalue weighted by molar-refractivity contribution is 0.0449. The van der Waals surface area contributed by atoms with E-state index in [0.717, 1.165) is 12.1 Å². The van der Waals surface area contributed by atoms with Crippen LogP contribution in [0.15, 0.2) is 53.4 Å². The van der Waals surface area contributed by atoms with E-state index in [4.69, 9.17) is 0 Å². The third-order valence-electron chi connectivity index (χ3n) is 7.98. The predicted molar refractivity (Wildman–Crippen MR) is 123 cm³/mol. The van der Waals surface area contributed by atoms with E-state index in [0.29, 0.717) is 34.9 Å². The van der Waals surface area contributed by atoms with Gasteiger partial charge in [-0.3, -0.25) is 4.31 Å². The molecule has 31 heavy (non-hydrogen) atoms. The molecule has 2 saturated carbocycles. The van der Waals surface area contributed by atoms with E-state index in [2.05, 4.69) is 22.8 Å². The fourth-order valence-corrected chi connectivity index (χ4v) is 7.63. The Kier molecular flexibility index (Phi) is 4.67. The van der Waals surface area contributed by atoms with Crippen LogP contribution in [0, 0.1) is 5.41 Å². The lowest BCUT2D eigenvalue weighted by atomic mass is 9.60. The number of nitrogens with one attached hydrogen (secondary N) is 2. The summed E-state index contributed by atoms with van der Waals surface area (Å²) < 4.78 is 27.7. The molecule has 1 spiro atoms. The minimum Gasteiger partial charge on any atom is -0.317 e. The molecular weight excluding hydrogens is 406 g/mol. The van der Waals surface area contributed by atoms with Gasteiger partial charge in [-0.1, -0.05) is 30.3 Å². The first-order chi connectivity index (χ1) is 15.0. The zero-order valence-electron chi connectivity index (χ0n) is 17.9. The van der Waals surface area contributed by atoms with Crippen LogP contribution in [0.25, 0.3) is 0 Å². The summed E-state index contributed by atoms with van der Waals surface area (Å²) in [6, 6.07) is 16.5. The van der Waals surface area contributed by atoms with Gasteiger partial charge in [-0.2, -0.15) is 0 Å². The summed E-state index contributed by atoms with van der Waals surface area (Å²) in [5, 5.41) is 7.39. The normalized spacial score (nSPS) is 27.2. The van der Waals surface area contributed by atoms with Crippen LogP contribution < -0.4 is 14.9 Å². The summed E-state index contributed by atoms with van der Waals surface area (Å²) in [5.74, 6) is 0.578. The molecule has 2 aromatic rings. The number of hydrogen-bond donors (Lipinski definition) is 2. The fraction of sp³-hybridized carbons (Fsp3) is 0.520. The number of sulfonamides is 1. The van der Waals surface area contributed by atoms with Crippen LogP contribution in [0.4, 0.5) is 5.69 Å². The molecule has 164 valence electrons. The molecule has 0 aromatic heterocycles. The summed E-state index contributed by atoms with van der Waals surface area (Å²) in [7, 11) is -3.49. The SMILES string of the molecule is O=S(=O)(c1ccccc1)N1CCc2cc([C@@H]3C[C@H]3NC3CC4(CCNCC4)C3)ccc21. The van der Waals surface area contributed by atoms with Crippen LogP contribution in [0.3, 0.4) is 0 Å².